The van der Waals surface area contributed by atoms with Crippen LogP contribution in [0.2, 0.25) is 0 Å². The molecule has 1 saturated heterocycles. The van der Waals surface area contributed by atoms with E-state index in [4.69, 9.17) is 0 Å². The van der Waals surface area contributed by atoms with Crippen LogP contribution < -0.4 is 10.6 Å². The Morgan fingerprint density at radius 2 is 2.21 bits per heavy atom. The summed E-state index contributed by atoms with van der Waals surface area (Å²) in [5.41, 5.74) is 1.12. The van der Waals surface area contributed by atoms with E-state index in [9.17, 15) is 4.79 Å². The first-order chi connectivity index (χ1) is 8.68. The predicted molar refractivity (Wildman–Crippen MR) is 83.5 cm³/mol. The highest BCUT2D eigenvalue weighted by atomic mass is 79.9. The van der Waals surface area contributed by atoms with Gasteiger partial charge in [-0.05, 0) is 37.9 Å². The van der Waals surface area contributed by atoms with E-state index in [0.717, 1.165) is 36.0 Å². The second kappa shape index (κ2) is 7.88. The maximum absolute atomic E-state index is 12.1. The second-order valence-corrected chi connectivity index (χ2v) is 5.65. The normalized spacial score (nSPS) is 20.2. The van der Waals surface area contributed by atoms with Gasteiger partial charge in [-0.15, -0.1) is 12.4 Å². The summed E-state index contributed by atoms with van der Waals surface area (Å²) < 4.78 is 1.04. The van der Waals surface area contributed by atoms with Crippen LogP contribution in [0.25, 0.3) is 0 Å². The first-order valence-corrected chi connectivity index (χ1v) is 7.23. The summed E-state index contributed by atoms with van der Waals surface area (Å²) in [6, 6.07) is 8.04. The van der Waals surface area contributed by atoms with Crippen LogP contribution in [0, 0.1) is 5.92 Å². The van der Waals surface area contributed by atoms with Gasteiger partial charge in [0.2, 0.25) is 5.91 Å². The SMILES string of the molecule is CC(NC(=O)[C@@H]1CCCNC1)c1ccccc1Br.Cl. The van der Waals surface area contributed by atoms with Crippen molar-refractivity contribution in [2.24, 2.45) is 5.92 Å². The molecule has 1 heterocycles. The summed E-state index contributed by atoms with van der Waals surface area (Å²) in [6.07, 6.45) is 2.07. The molecule has 1 aromatic carbocycles. The highest BCUT2D eigenvalue weighted by molar-refractivity contribution is 9.10. The van der Waals surface area contributed by atoms with Crippen molar-refractivity contribution in [1.29, 1.82) is 0 Å². The number of benzene rings is 1. The molecule has 2 N–H and O–H groups in total. The molecule has 19 heavy (non-hydrogen) atoms. The molecule has 0 saturated carbocycles. The van der Waals surface area contributed by atoms with Gasteiger partial charge in [0.1, 0.15) is 0 Å². The number of hydrogen-bond donors (Lipinski definition) is 2. The van der Waals surface area contributed by atoms with Crippen LogP contribution in [0.5, 0.6) is 0 Å². The molecule has 1 amide bonds. The summed E-state index contributed by atoms with van der Waals surface area (Å²) in [6.45, 7) is 3.85. The van der Waals surface area contributed by atoms with Gasteiger partial charge in [-0.2, -0.15) is 0 Å². The minimum absolute atomic E-state index is 0. The van der Waals surface area contributed by atoms with Gasteiger partial charge in [0.15, 0.2) is 0 Å². The maximum Gasteiger partial charge on any atom is 0.224 e. The van der Waals surface area contributed by atoms with E-state index < -0.39 is 0 Å². The predicted octanol–water partition coefficient (Wildman–Crippen LogP) is 3.05. The number of hydrogen-bond acceptors (Lipinski definition) is 2. The van der Waals surface area contributed by atoms with Crippen molar-refractivity contribution in [2.75, 3.05) is 13.1 Å². The van der Waals surface area contributed by atoms with Gasteiger partial charge in [0.25, 0.3) is 0 Å². The zero-order chi connectivity index (χ0) is 13.0. The average molecular weight is 348 g/mol. The molecule has 2 rings (SSSR count). The molecule has 0 bridgehead atoms. The number of halogens is 2. The molecule has 3 nitrogen and oxygen atoms in total. The van der Waals surface area contributed by atoms with Crippen LogP contribution in [-0.2, 0) is 4.79 Å². The van der Waals surface area contributed by atoms with E-state index in [2.05, 4.69) is 26.6 Å². The zero-order valence-electron chi connectivity index (χ0n) is 11.0. The molecule has 106 valence electrons. The summed E-state index contributed by atoms with van der Waals surface area (Å²) in [4.78, 5) is 12.1. The lowest BCUT2D eigenvalue weighted by Crippen LogP contribution is -2.41. The van der Waals surface area contributed by atoms with E-state index in [1.807, 2.05) is 31.2 Å². The van der Waals surface area contributed by atoms with Crippen LogP contribution in [0.1, 0.15) is 31.4 Å². The lowest BCUT2D eigenvalue weighted by molar-refractivity contribution is -0.126. The summed E-state index contributed by atoms with van der Waals surface area (Å²) in [7, 11) is 0. The smallest absolute Gasteiger partial charge is 0.224 e. The summed E-state index contributed by atoms with van der Waals surface area (Å²) >= 11 is 3.52. The van der Waals surface area contributed by atoms with Crippen LogP contribution in [0.15, 0.2) is 28.7 Å². The van der Waals surface area contributed by atoms with Gasteiger partial charge in [0.05, 0.1) is 12.0 Å². The Kier molecular flexibility index (Phi) is 6.83. The highest BCUT2D eigenvalue weighted by Gasteiger charge is 2.22. The van der Waals surface area contributed by atoms with Crippen LogP contribution >= 0.6 is 28.3 Å². The van der Waals surface area contributed by atoms with E-state index in [1.54, 1.807) is 0 Å². The fraction of sp³-hybridized carbons (Fsp3) is 0.500. The Morgan fingerprint density at radius 3 is 2.84 bits per heavy atom. The first-order valence-electron chi connectivity index (χ1n) is 6.44. The summed E-state index contributed by atoms with van der Waals surface area (Å²) in [5.74, 6) is 0.272. The van der Waals surface area contributed by atoms with Gasteiger partial charge in [0, 0.05) is 11.0 Å². The quantitative estimate of drug-likeness (QED) is 0.882. The Bertz CT molecular complexity index is 422. The Morgan fingerprint density at radius 1 is 1.47 bits per heavy atom. The molecule has 1 aliphatic heterocycles. The van der Waals surface area contributed by atoms with Crippen molar-refractivity contribution < 1.29 is 4.79 Å². The van der Waals surface area contributed by atoms with Crippen molar-refractivity contribution >= 4 is 34.2 Å². The number of amides is 1. The number of piperidine rings is 1. The number of nitrogens with one attached hydrogen (secondary N) is 2. The molecule has 0 aliphatic carbocycles. The number of rotatable bonds is 3. The number of carbonyl (C=O) groups is 1. The molecule has 1 unspecified atom stereocenters. The average Bonchev–Trinajstić information content (AvgIpc) is 2.40. The summed E-state index contributed by atoms with van der Waals surface area (Å²) in [5, 5.41) is 6.37. The highest BCUT2D eigenvalue weighted by Crippen LogP contribution is 2.23. The van der Waals surface area contributed by atoms with Crippen molar-refractivity contribution in [1.82, 2.24) is 10.6 Å². The minimum atomic E-state index is 0. The van der Waals surface area contributed by atoms with Gasteiger partial charge in [-0.1, -0.05) is 34.1 Å². The second-order valence-electron chi connectivity index (χ2n) is 4.80. The largest absolute Gasteiger partial charge is 0.349 e. The van der Waals surface area contributed by atoms with E-state index >= 15 is 0 Å². The molecular weight excluding hydrogens is 328 g/mol. The lowest BCUT2D eigenvalue weighted by Gasteiger charge is -2.24. The van der Waals surface area contributed by atoms with Crippen LogP contribution in [0.4, 0.5) is 0 Å². The topological polar surface area (TPSA) is 41.1 Å². The zero-order valence-corrected chi connectivity index (χ0v) is 13.4. The van der Waals surface area contributed by atoms with Crippen molar-refractivity contribution in [3.8, 4) is 0 Å². The van der Waals surface area contributed by atoms with E-state index in [1.165, 1.54) is 0 Å². The van der Waals surface area contributed by atoms with Crippen LogP contribution in [0.3, 0.4) is 0 Å². The molecule has 0 radical (unpaired) electrons. The standard InChI is InChI=1S/C14H19BrN2O.ClH/c1-10(12-6-2-3-7-13(12)15)17-14(18)11-5-4-8-16-9-11;/h2-3,6-7,10-11,16H,4-5,8-9H2,1H3,(H,17,18);1H/t10?,11-;/m1./s1. The fourth-order valence-electron chi connectivity index (χ4n) is 2.31. The third-order valence-electron chi connectivity index (χ3n) is 3.40. The van der Waals surface area contributed by atoms with Crippen LogP contribution in [-0.4, -0.2) is 19.0 Å². The van der Waals surface area contributed by atoms with E-state index in [-0.39, 0.29) is 30.3 Å². The Labute approximate surface area is 129 Å². The third kappa shape index (κ3) is 4.48. The minimum Gasteiger partial charge on any atom is -0.349 e. The van der Waals surface area contributed by atoms with E-state index in [0.29, 0.717) is 0 Å². The molecule has 1 fully saturated rings. The first kappa shape index (κ1) is 16.5. The molecule has 0 spiro atoms. The van der Waals surface area contributed by atoms with Gasteiger partial charge >= 0.3 is 0 Å². The lowest BCUT2D eigenvalue weighted by atomic mass is 9.98. The molecule has 5 heteroatoms. The fourth-order valence-corrected chi connectivity index (χ4v) is 2.94. The third-order valence-corrected chi connectivity index (χ3v) is 4.12. The van der Waals surface area contributed by atoms with Crippen molar-refractivity contribution in [3.05, 3.63) is 34.3 Å². The molecule has 1 aromatic rings. The molecule has 2 atom stereocenters. The Hall–Kier alpha value is -0.580. The molecular formula is C14H20BrClN2O. The Balaban J connectivity index is 0.00000180. The maximum atomic E-state index is 12.1. The van der Waals surface area contributed by atoms with Gasteiger partial charge in [-0.25, -0.2) is 0 Å². The number of carbonyl (C=O) groups excluding carboxylic acids is 1. The van der Waals surface area contributed by atoms with Crippen molar-refractivity contribution in [3.63, 3.8) is 0 Å². The molecule has 1 aliphatic rings. The monoisotopic (exact) mass is 346 g/mol. The van der Waals surface area contributed by atoms with Crippen molar-refractivity contribution in [2.45, 2.75) is 25.8 Å². The van der Waals surface area contributed by atoms with Gasteiger partial charge in [-0.3, -0.25) is 4.79 Å². The van der Waals surface area contributed by atoms with Gasteiger partial charge < -0.3 is 10.6 Å². The molecule has 0 aromatic heterocycles.